The Labute approximate surface area is 246 Å². The smallest absolute Gasteiger partial charge is 0.165 e. The third-order valence-electron chi connectivity index (χ3n) is 9.17. The largest absolute Gasteiger partial charge is 0.308 e. The second-order valence-corrected chi connectivity index (χ2v) is 11.5. The maximum absolute atomic E-state index is 5.36. The summed E-state index contributed by atoms with van der Waals surface area (Å²) in [6.45, 7) is 0. The maximum Gasteiger partial charge on any atom is 0.165 e. The van der Waals surface area contributed by atoms with Crippen molar-refractivity contribution in [1.82, 2.24) is 18.9 Å². The Hall–Kier alpha value is -5.66. The summed E-state index contributed by atoms with van der Waals surface area (Å²) < 4.78 is 4.78. The van der Waals surface area contributed by atoms with Gasteiger partial charge in [-0.25, -0.2) is 9.97 Å². The molecule has 0 amide bonds. The van der Waals surface area contributed by atoms with E-state index in [-0.39, 0.29) is 0 Å². The van der Waals surface area contributed by atoms with Gasteiger partial charge in [0.15, 0.2) is 5.82 Å². The van der Waals surface area contributed by atoms with Crippen LogP contribution < -0.4 is 5.22 Å². The maximum atomic E-state index is 5.36. The van der Waals surface area contributed by atoms with Crippen LogP contribution in [-0.2, 0) is 0 Å². The Morgan fingerprint density at radius 1 is 0.698 bits per heavy atom. The topological polar surface area (TPSA) is 35.1 Å². The average Bonchev–Trinajstić information content (AvgIpc) is 3.42. The van der Waals surface area contributed by atoms with E-state index in [1.54, 1.807) is 0 Å². The van der Waals surface area contributed by atoms with Crippen molar-refractivity contribution in [3.05, 3.63) is 120 Å². The standard InChI is InChI=1S/C39H24N4/c1-2-12-24(13-3-1)37-39(41-30-18-8-7-17-29(30)40-37)43-33-21-11-6-16-27-25-14-4-9-19-31(25)42-32-20-10-5-15-26(32)28-22-23-34(43)36(35(27)33)38(28)42/h1-2,4-5,7-10,12,14-20,22-23H,3,6,13H2. The predicted octanol–water partition coefficient (Wildman–Crippen LogP) is 8.27. The SMILES string of the molecule is C1#Cc2c3c(c4ccccc4n4c5ccccc5c5ccc(c3c54)n2-c2nc3ccccc3nc2C2=CC=CCC2)=CC1. The Bertz CT molecular complexity index is 2700. The van der Waals surface area contributed by atoms with E-state index in [4.69, 9.17) is 9.97 Å². The normalized spacial score (nSPS) is 14.5. The van der Waals surface area contributed by atoms with Crippen molar-refractivity contribution in [3.63, 3.8) is 0 Å². The van der Waals surface area contributed by atoms with Crippen molar-refractivity contribution in [2.75, 3.05) is 0 Å². The van der Waals surface area contributed by atoms with Crippen molar-refractivity contribution < 1.29 is 0 Å². The lowest BCUT2D eigenvalue weighted by Crippen LogP contribution is -2.09. The molecule has 0 saturated heterocycles. The van der Waals surface area contributed by atoms with Gasteiger partial charge in [-0.3, -0.25) is 4.57 Å². The van der Waals surface area contributed by atoms with Crippen LogP contribution in [0.15, 0.2) is 103 Å². The zero-order chi connectivity index (χ0) is 28.1. The molecule has 4 aromatic carbocycles. The second-order valence-electron chi connectivity index (χ2n) is 11.5. The van der Waals surface area contributed by atoms with Gasteiger partial charge in [-0.1, -0.05) is 84.8 Å². The van der Waals surface area contributed by atoms with Crippen molar-refractivity contribution in [1.29, 1.82) is 0 Å². The van der Waals surface area contributed by atoms with Gasteiger partial charge < -0.3 is 4.40 Å². The van der Waals surface area contributed by atoms with Crippen LogP contribution in [0, 0.1) is 11.8 Å². The lowest BCUT2D eigenvalue weighted by atomic mass is 10.0. The molecule has 0 unspecified atom stereocenters. The zero-order valence-electron chi connectivity index (χ0n) is 23.3. The van der Waals surface area contributed by atoms with Gasteiger partial charge in [0.25, 0.3) is 0 Å². The number of nitrogens with zero attached hydrogens (tertiary/aromatic N) is 4. The lowest BCUT2D eigenvalue weighted by Gasteiger charge is -2.16. The third-order valence-corrected chi connectivity index (χ3v) is 9.17. The summed E-state index contributed by atoms with van der Waals surface area (Å²) in [5, 5.41) is 7.37. The molecule has 200 valence electrons. The quantitative estimate of drug-likeness (QED) is 0.204. The van der Waals surface area contributed by atoms with Gasteiger partial charge in [-0.05, 0) is 59.9 Å². The molecule has 0 N–H and O–H groups in total. The molecule has 10 rings (SSSR count). The zero-order valence-corrected chi connectivity index (χ0v) is 23.3. The van der Waals surface area contributed by atoms with Crippen molar-refractivity contribution in [2.24, 2.45) is 0 Å². The molecule has 0 bridgehead atoms. The number of hydrogen-bond donors (Lipinski definition) is 0. The Kier molecular flexibility index (Phi) is 4.51. The van der Waals surface area contributed by atoms with Gasteiger partial charge in [0.2, 0.25) is 0 Å². The highest BCUT2D eigenvalue weighted by atomic mass is 15.1. The first-order valence-corrected chi connectivity index (χ1v) is 14.9. The molecule has 2 aliphatic rings. The van der Waals surface area contributed by atoms with Crippen LogP contribution in [0.3, 0.4) is 0 Å². The van der Waals surface area contributed by atoms with E-state index in [0.29, 0.717) is 6.42 Å². The monoisotopic (exact) mass is 548 g/mol. The number of allylic oxidation sites excluding steroid dienone is 4. The van der Waals surface area contributed by atoms with Crippen molar-refractivity contribution in [2.45, 2.75) is 19.3 Å². The van der Waals surface area contributed by atoms with Crippen LogP contribution in [-0.4, -0.2) is 18.9 Å². The van der Waals surface area contributed by atoms with Crippen molar-refractivity contribution >= 4 is 71.7 Å². The fourth-order valence-corrected chi connectivity index (χ4v) is 7.37. The molecule has 0 spiro atoms. The van der Waals surface area contributed by atoms with E-state index >= 15 is 0 Å². The fourth-order valence-electron chi connectivity index (χ4n) is 7.37. The Morgan fingerprint density at radius 2 is 1.47 bits per heavy atom. The van der Waals surface area contributed by atoms with Gasteiger partial charge in [0.05, 0.1) is 33.1 Å². The Morgan fingerprint density at radius 3 is 2.30 bits per heavy atom. The van der Waals surface area contributed by atoms with Crippen LogP contribution >= 0.6 is 0 Å². The summed E-state index contributed by atoms with van der Waals surface area (Å²) in [5.74, 6) is 7.95. The minimum atomic E-state index is 0.692. The van der Waals surface area contributed by atoms with E-state index in [1.807, 2.05) is 12.1 Å². The number of para-hydroxylation sites is 4. The molecule has 0 atom stereocenters. The van der Waals surface area contributed by atoms with Crippen molar-refractivity contribution in [3.8, 4) is 17.7 Å². The summed E-state index contributed by atoms with van der Waals surface area (Å²) in [4.78, 5) is 10.6. The predicted molar refractivity (Wildman–Crippen MR) is 177 cm³/mol. The highest BCUT2D eigenvalue weighted by molar-refractivity contribution is 6.25. The van der Waals surface area contributed by atoms with Gasteiger partial charge >= 0.3 is 0 Å². The molecule has 0 fully saturated rings. The van der Waals surface area contributed by atoms with E-state index in [1.165, 1.54) is 54.3 Å². The van der Waals surface area contributed by atoms with Crippen LogP contribution in [0.1, 0.15) is 30.7 Å². The molecule has 0 radical (unpaired) electrons. The molecule has 0 aliphatic heterocycles. The summed E-state index contributed by atoms with van der Waals surface area (Å²) in [6.07, 6.45) is 11.5. The van der Waals surface area contributed by atoms with Crippen LogP contribution in [0.25, 0.3) is 77.5 Å². The molecule has 2 aliphatic carbocycles. The first-order valence-electron chi connectivity index (χ1n) is 14.9. The second kappa shape index (κ2) is 8.44. The minimum absolute atomic E-state index is 0.692. The number of aromatic nitrogens is 4. The minimum Gasteiger partial charge on any atom is -0.308 e. The highest BCUT2D eigenvalue weighted by Gasteiger charge is 2.26. The number of rotatable bonds is 2. The number of benzene rings is 4. The molecule has 4 heteroatoms. The fraction of sp³-hybridized carbons (Fsp3) is 0.0769. The first-order chi connectivity index (χ1) is 21.4. The van der Waals surface area contributed by atoms with Crippen LogP contribution in [0.2, 0.25) is 0 Å². The summed E-state index contributed by atoms with van der Waals surface area (Å²) in [6, 6.07) is 30.3. The van der Waals surface area contributed by atoms with Gasteiger partial charge in [0, 0.05) is 33.4 Å². The number of fused-ring (bicyclic) bond motifs is 7. The third kappa shape index (κ3) is 3.01. The van der Waals surface area contributed by atoms with Gasteiger partial charge in [0.1, 0.15) is 11.4 Å². The molecule has 4 aromatic heterocycles. The van der Waals surface area contributed by atoms with E-state index in [2.05, 4.69) is 118 Å². The lowest BCUT2D eigenvalue weighted by molar-refractivity contribution is 0.984. The molecule has 4 nitrogen and oxygen atoms in total. The molecule has 43 heavy (non-hydrogen) atoms. The summed E-state index contributed by atoms with van der Waals surface area (Å²) in [7, 11) is 0. The summed E-state index contributed by atoms with van der Waals surface area (Å²) >= 11 is 0. The molecular formula is C39H24N4. The molecule has 8 aromatic rings. The average molecular weight is 549 g/mol. The van der Waals surface area contributed by atoms with Crippen LogP contribution in [0.4, 0.5) is 0 Å². The van der Waals surface area contributed by atoms with E-state index in [0.717, 1.165) is 46.6 Å². The van der Waals surface area contributed by atoms with Crippen LogP contribution in [0.5, 0.6) is 0 Å². The number of hydrogen-bond acceptors (Lipinski definition) is 2. The van der Waals surface area contributed by atoms with Gasteiger partial charge in [-0.2, -0.15) is 0 Å². The van der Waals surface area contributed by atoms with E-state index in [9.17, 15) is 0 Å². The van der Waals surface area contributed by atoms with Gasteiger partial charge in [-0.15, -0.1) is 0 Å². The highest BCUT2D eigenvalue weighted by Crippen LogP contribution is 2.41. The summed E-state index contributed by atoms with van der Waals surface area (Å²) in [5.41, 5.74) is 9.65. The Balaban J connectivity index is 1.50. The first kappa shape index (κ1) is 23.0. The molecular weight excluding hydrogens is 524 g/mol. The van der Waals surface area contributed by atoms with E-state index < -0.39 is 0 Å². The molecule has 4 heterocycles. The molecule has 0 saturated carbocycles.